The molecule has 2 rings (SSSR count). The van der Waals surface area contributed by atoms with Gasteiger partial charge in [-0.25, -0.2) is 18.6 Å². The summed E-state index contributed by atoms with van der Waals surface area (Å²) in [6.07, 6.45) is 0. The molecule has 1 heterocycles. The number of hydrogen-bond donors (Lipinski definition) is 1. The van der Waals surface area contributed by atoms with Gasteiger partial charge in [0.25, 0.3) is 0 Å². The number of methoxy groups -OCH3 is 2. The SMILES string of the molecule is COC(=O)c1cc(F)c(-c2c(F)cccc2OC)nc1N. The Labute approximate surface area is 119 Å². The van der Waals surface area contributed by atoms with Gasteiger partial charge in [0, 0.05) is 0 Å². The molecule has 2 N–H and O–H groups in total. The minimum atomic E-state index is -0.909. The fourth-order valence-corrected chi connectivity index (χ4v) is 1.86. The molecule has 0 saturated heterocycles. The van der Waals surface area contributed by atoms with E-state index in [4.69, 9.17) is 10.5 Å². The van der Waals surface area contributed by atoms with Crippen molar-refractivity contribution in [2.45, 2.75) is 0 Å². The molecular formula is C14H12F2N2O3. The summed E-state index contributed by atoms with van der Waals surface area (Å²) >= 11 is 0. The minimum absolute atomic E-state index is 0.103. The van der Waals surface area contributed by atoms with E-state index in [2.05, 4.69) is 9.72 Å². The Balaban J connectivity index is 2.67. The molecule has 0 atom stereocenters. The first kappa shape index (κ1) is 14.7. The number of aromatic nitrogens is 1. The third-order valence-electron chi connectivity index (χ3n) is 2.84. The third kappa shape index (κ3) is 2.62. The number of nitrogens with two attached hydrogens (primary N) is 1. The zero-order chi connectivity index (χ0) is 15.6. The Morgan fingerprint density at radius 2 is 1.95 bits per heavy atom. The summed E-state index contributed by atoms with van der Waals surface area (Å²) in [5, 5.41) is 0. The van der Waals surface area contributed by atoms with Crippen molar-refractivity contribution in [3.8, 4) is 17.0 Å². The van der Waals surface area contributed by atoms with Gasteiger partial charge in [0.1, 0.15) is 28.6 Å². The van der Waals surface area contributed by atoms with Crippen LogP contribution in [0.3, 0.4) is 0 Å². The van der Waals surface area contributed by atoms with Gasteiger partial charge in [-0.1, -0.05) is 6.07 Å². The second kappa shape index (κ2) is 5.74. The highest BCUT2D eigenvalue weighted by Gasteiger charge is 2.21. The van der Waals surface area contributed by atoms with Crippen molar-refractivity contribution in [3.05, 3.63) is 41.5 Å². The van der Waals surface area contributed by atoms with E-state index in [0.717, 1.165) is 19.2 Å². The summed E-state index contributed by atoms with van der Waals surface area (Å²) in [6, 6.07) is 4.88. The van der Waals surface area contributed by atoms with E-state index in [0.29, 0.717) is 0 Å². The molecule has 110 valence electrons. The smallest absolute Gasteiger partial charge is 0.341 e. The molecule has 0 aliphatic heterocycles. The normalized spacial score (nSPS) is 10.3. The van der Waals surface area contributed by atoms with E-state index in [1.165, 1.54) is 19.2 Å². The second-order valence-electron chi connectivity index (χ2n) is 4.06. The summed E-state index contributed by atoms with van der Waals surface area (Å²) in [5.41, 5.74) is 4.87. The number of nitrogens with zero attached hydrogens (tertiary/aromatic N) is 1. The molecule has 7 heteroatoms. The van der Waals surface area contributed by atoms with E-state index < -0.39 is 17.6 Å². The minimum Gasteiger partial charge on any atom is -0.496 e. The Morgan fingerprint density at radius 3 is 2.57 bits per heavy atom. The molecule has 0 fully saturated rings. The summed E-state index contributed by atoms with van der Waals surface area (Å²) in [6.45, 7) is 0. The quantitative estimate of drug-likeness (QED) is 0.880. The molecular weight excluding hydrogens is 282 g/mol. The van der Waals surface area contributed by atoms with Crippen LogP contribution in [-0.2, 0) is 4.74 Å². The number of benzene rings is 1. The van der Waals surface area contributed by atoms with E-state index in [1.807, 2.05) is 0 Å². The lowest BCUT2D eigenvalue weighted by Gasteiger charge is -2.11. The molecule has 0 radical (unpaired) electrons. The molecule has 2 aromatic rings. The van der Waals surface area contributed by atoms with Crippen LogP contribution in [0.1, 0.15) is 10.4 Å². The van der Waals surface area contributed by atoms with Gasteiger partial charge in [-0.05, 0) is 18.2 Å². The van der Waals surface area contributed by atoms with Crippen molar-refractivity contribution in [1.82, 2.24) is 4.98 Å². The lowest BCUT2D eigenvalue weighted by atomic mass is 10.1. The molecule has 0 amide bonds. The van der Waals surface area contributed by atoms with Crippen molar-refractivity contribution in [3.63, 3.8) is 0 Å². The first-order valence-corrected chi connectivity index (χ1v) is 5.86. The average molecular weight is 294 g/mol. The molecule has 1 aromatic carbocycles. The number of ether oxygens (including phenoxy) is 2. The van der Waals surface area contributed by atoms with Crippen LogP contribution in [0, 0.1) is 11.6 Å². The third-order valence-corrected chi connectivity index (χ3v) is 2.84. The molecule has 0 aliphatic carbocycles. The Morgan fingerprint density at radius 1 is 1.24 bits per heavy atom. The lowest BCUT2D eigenvalue weighted by Crippen LogP contribution is -2.10. The summed E-state index contributed by atoms with van der Waals surface area (Å²) in [7, 11) is 2.45. The van der Waals surface area contributed by atoms with Crippen LogP contribution in [0.4, 0.5) is 14.6 Å². The maximum absolute atomic E-state index is 14.2. The van der Waals surface area contributed by atoms with Crippen LogP contribution in [0.25, 0.3) is 11.3 Å². The molecule has 1 aromatic heterocycles. The second-order valence-corrected chi connectivity index (χ2v) is 4.06. The van der Waals surface area contributed by atoms with Gasteiger partial charge in [-0.3, -0.25) is 0 Å². The Bertz CT molecular complexity index is 705. The molecule has 0 aliphatic rings. The van der Waals surface area contributed by atoms with Gasteiger partial charge in [-0.15, -0.1) is 0 Å². The number of carbonyl (C=O) groups is 1. The van der Waals surface area contributed by atoms with Crippen molar-refractivity contribution in [2.75, 3.05) is 20.0 Å². The zero-order valence-corrected chi connectivity index (χ0v) is 11.3. The topological polar surface area (TPSA) is 74.4 Å². The molecule has 5 nitrogen and oxygen atoms in total. The van der Waals surface area contributed by atoms with Crippen LogP contribution in [0.5, 0.6) is 5.75 Å². The molecule has 0 bridgehead atoms. The highest BCUT2D eigenvalue weighted by atomic mass is 19.1. The predicted molar refractivity (Wildman–Crippen MR) is 71.9 cm³/mol. The highest BCUT2D eigenvalue weighted by molar-refractivity contribution is 5.94. The summed E-state index contributed by atoms with van der Waals surface area (Å²) in [4.78, 5) is 15.2. The maximum atomic E-state index is 14.2. The number of esters is 1. The van der Waals surface area contributed by atoms with Gasteiger partial charge in [0.2, 0.25) is 0 Å². The summed E-state index contributed by atoms with van der Waals surface area (Å²) in [5.74, 6) is -2.61. The first-order valence-electron chi connectivity index (χ1n) is 5.86. The lowest BCUT2D eigenvalue weighted by molar-refractivity contribution is 0.0601. The van der Waals surface area contributed by atoms with Gasteiger partial charge in [0.15, 0.2) is 5.82 Å². The highest BCUT2D eigenvalue weighted by Crippen LogP contribution is 2.34. The van der Waals surface area contributed by atoms with Crippen LogP contribution in [0.15, 0.2) is 24.3 Å². The van der Waals surface area contributed by atoms with E-state index in [9.17, 15) is 13.6 Å². The first-order chi connectivity index (χ1) is 9.99. The number of anilines is 1. The van der Waals surface area contributed by atoms with Gasteiger partial charge < -0.3 is 15.2 Å². The van der Waals surface area contributed by atoms with Crippen molar-refractivity contribution in [1.29, 1.82) is 0 Å². The van der Waals surface area contributed by atoms with Crippen molar-refractivity contribution in [2.24, 2.45) is 0 Å². The number of pyridine rings is 1. The van der Waals surface area contributed by atoms with Gasteiger partial charge in [0.05, 0.1) is 19.8 Å². The number of carbonyl (C=O) groups excluding carboxylic acids is 1. The fourth-order valence-electron chi connectivity index (χ4n) is 1.86. The monoisotopic (exact) mass is 294 g/mol. The number of halogens is 2. The van der Waals surface area contributed by atoms with E-state index in [-0.39, 0.29) is 28.4 Å². The number of rotatable bonds is 3. The fraction of sp³-hybridized carbons (Fsp3) is 0.143. The van der Waals surface area contributed by atoms with Crippen molar-refractivity contribution < 1.29 is 23.0 Å². The molecule has 21 heavy (non-hydrogen) atoms. The van der Waals surface area contributed by atoms with Crippen LogP contribution < -0.4 is 10.5 Å². The Kier molecular flexibility index (Phi) is 4.02. The molecule has 0 spiro atoms. The van der Waals surface area contributed by atoms with Crippen LogP contribution in [0.2, 0.25) is 0 Å². The van der Waals surface area contributed by atoms with Gasteiger partial charge >= 0.3 is 5.97 Å². The van der Waals surface area contributed by atoms with Gasteiger partial charge in [-0.2, -0.15) is 0 Å². The predicted octanol–water partition coefficient (Wildman–Crippen LogP) is 2.40. The molecule has 0 saturated carbocycles. The largest absolute Gasteiger partial charge is 0.496 e. The van der Waals surface area contributed by atoms with Crippen LogP contribution in [-0.4, -0.2) is 25.2 Å². The zero-order valence-electron chi connectivity index (χ0n) is 11.3. The van der Waals surface area contributed by atoms with Crippen molar-refractivity contribution >= 4 is 11.8 Å². The average Bonchev–Trinajstić information content (AvgIpc) is 2.48. The number of hydrogen-bond acceptors (Lipinski definition) is 5. The number of nitrogen functional groups attached to an aromatic ring is 1. The summed E-state index contributed by atoms with van der Waals surface area (Å²) < 4.78 is 37.6. The Hall–Kier alpha value is -2.70. The van der Waals surface area contributed by atoms with Crippen LogP contribution >= 0.6 is 0 Å². The molecule has 0 unspecified atom stereocenters. The van der Waals surface area contributed by atoms with E-state index in [1.54, 1.807) is 0 Å². The van der Waals surface area contributed by atoms with E-state index >= 15 is 0 Å². The maximum Gasteiger partial charge on any atom is 0.341 e. The standard InChI is InChI=1S/C14H12F2N2O3/c1-20-10-5-3-4-8(15)11(10)12-9(16)6-7(13(17)18-12)14(19)21-2/h3-6H,1-2H3,(H2,17,18).